The molecule has 2 aromatic heterocycles. The number of thioether (sulfide) groups is 1. The number of nitrogens with one attached hydrogen (secondary N) is 1. The maximum atomic E-state index is 5.79. The molecule has 1 N–H and O–H groups in total. The molecule has 0 saturated heterocycles. The minimum atomic E-state index is 0.691. The lowest BCUT2D eigenvalue weighted by molar-refractivity contribution is 0.495. The van der Waals surface area contributed by atoms with Gasteiger partial charge in [-0.15, -0.1) is 21.5 Å². The van der Waals surface area contributed by atoms with E-state index in [-0.39, 0.29) is 0 Å². The maximum Gasteiger partial charge on any atom is 0.257 e. The second-order valence-corrected chi connectivity index (χ2v) is 7.58. The highest BCUT2D eigenvalue weighted by molar-refractivity contribution is 7.98. The van der Waals surface area contributed by atoms with Crippen LogP contribution in [0, 0.1) is 0 Å². The van der Waals surface area contributed by atoms with Crippen LogP contribution in [0.25, 0.3) is 10.8 Å². The van der Waals surface area contributed by atoms with E-state index >= 15 is 0 Å². The van der Waals surface area contributed by atoms with Crippen LogP contribution < -0.4 is 5.32 Å². The Kier molecular flexibility index (Phi) is 3.54. The Morgan fingerprint density at radius 3 is 3.15 bits per heavy atom. The van der Waals surface area contributed by atoms with E-state index in [1.54, 1.807) is 0 Å². The summed E-state index contributed by atoms with van der Waals surface area (Å²) in [6.45, 7) is 0.934. The first-order valence-corrected chi connectivity index (χ1v) is 9.11. The molecule has 1 saturated carbocycles. The fourth-order valence-corrected chi connectivity index (χ4v) is 4.67. The highest BCUT2D eigenvalue weighted by Gasteiger charge is 2.21. The van der Waals surface area contributed by atoms with E-state index in [1.165, 1.54) is 35.5 Å². The van der Waals surface area contributed by atoms with Crippen molar-refractivity contribution in [1.82, 2.24) is 15.5 Å². The van der Waals surface area contributed by atoms with E-state index in [0.29, 0.717) is 5.89 Å². The molecule has 0 bridgehead atoms. The van der Waals surface area contributed by atoms with Crippen molar-refractivity contribution in [3.05, 3.63) is 22.4 Å². The molecule has 1 aliphatic carbocycles. The van der Waals surface area contributed by atoms with Crippen LogP contribution in [0.1, 0.15) is 29.2 Å². The van der Waals surface area contributed by atoms with Gasteiger partial charge in [0.15, 0.2) is 0 Å². The second kappa shape index (κ2) is 5.50. The fourth-order valence-electron chi connectivity index (χ4n) is 2.38. The number of nitrogens with zero attached hydrogens (tertiary/aromatic N) is 2. The Hall–Kier alpha value is -0.850. The van der Waals surface area contributed by atoms with Crippen molar-refractivity contribution in [3.63, 3.8) is 0 Å². The Morgan fingerprint density at radius 2 is 2.30 bits per heavy atom. The molecule has 4 rings (SSSR count). The van der Waals surface area contributed by atoms with Gasteiger partial charge in [0.05, 0.1) is 4.88 Å². The number of aryl methyl sites for hydroxylation is 1. The number of aromatic nitrogens is 2. The maximum absolute atomic E-state index is 5.79. The Bertz CT molecular complexity index is 580. The summed E-state index contributed by atoms with van der Waals surface area (Å²) in [5, 5.41) is 11.8. The highest BCUT2D eigenvalue weighted by Crippen LogP contribution is 2.36. The van der Waals surface area contributed by atoms with Crippen LogP contribution in [0.4, 0.5) is 0 Å². The van der Waals surface area contributed by atoms with Gasteiger partial charge in [0, 0.05) is 29.6 Å². The summed E-state index contributed by atoms with van der Waals surface area (Å²) in [6.07, 6.45) is 4.63. The highest BCUT2D eigenvalue weighted by atomic mass is 32.2. The first-order chi connectivity index (χ1) is 9.88. The van der Waals surface area contributed by atoms with Crippen LogP contribution in [0.5, 0.6) is 0 Å². The summed E-state index contributed by atoms with van der Waals surface area (Å²) < 4.78 is 5.79. The van der Waals surface area contributed by atoms with Crippen molar-refractivity contribution in [1.29, 1.82) is 0 Å². The minimum Gasteiger partial charge on any atom is -0.420 e. The van der Waals surface area contributed by atoms with Gasteiger partial charge in [0.2, 0.25) is 5.89 Å². The van der Waals surface area contributed by atoms with Crippen molar-refractivity contribution in [3.8, 4) is 10.8 Å². The van der Waals surface area contributed by atoms with Gasteiger partial charge in [-0.05, 0) is 36.6 Å². The number of thiophene rings is 1. The zero-order valence-electron chi connectivity index (χ0n) is 11.2. The molecule has 0 radical (unpaired) electrons. The van der Waals surface area contributed by atoms with Gasteiger partial charge < -0.3 is 9.73 Å². The summed E-state index contributed by atoms with van der Waals surface area (Å²) in [5.74, 6) is 3.79. The molecular weight excluding hydrogens is 290 g/mol. The van der Waals surface area contributed by atoms with Gasteiger partial charge in [-0.25, -0.2) is 0 Å². The van der Waals surface area contributed by atoms with Crippen molar-refractivity contribution in [2.45, 2.75) is 37.5 Å². The van der Waals surface area contributed by atoms with Crippen LogP contribution in [-0.2, 0) is 18.6 Å². The SMILES string of the molecule is c1c(-c2nnc(CCNC3CC3)o2)sc2c1CSCC2. The van der Waals surface area contributed by atoms with Crippen LogP contribution in [0.2, 0.25) is 0 Å². The van der Waals surface area contributed by atoms with E-state index in [4.69, 9.17) is 4.42 Å². The largest absolute Gasteiger partial charge is 0.420 e. The lowest BCUT2D eigenvalue weighted by atomic mass is 10.2. The number of hydrogen-bond acceptors (Lipinski definition) is 6. The molecule has 106 valence electrons. The first kappa shape index (κ1) is 12.9. The molecule has 3 heterocycles. The predicted octanol–water partition coefficient (Wildman–Crippen LogP) is 2.88. The predicted molar refractivity (Wildman–Crippen MR) is 82.2 cm³/mol. The number of rotatable bonds is 5. The molecule has 0 spiro atoms. The summed E-state index contributed by atoms with van der Waals surface area (Å²) in [6, 6.07) is 2.96. The zero-order valence-corrected chi connectivity index (χ0v) is 12.9. The van der Waals surface area contributed by atoms with Crippen LogP contribution in [0.3, 0.4) is 0 Å². The Morgan fingerprint density at radius 1 is 1.35 bits per heavy atom. The average molecular weight is 307 g/mol. The quantitative estimate of drug-likeness (QED) is 0.920. The second-order valence-electron chi connectivity index (χ2n) is 5.34. The molecule has 0 aromatic carbocycles. The third-order valence-corrected chi connectivity index (χ3v) is 5.89. The smallest absolute Gasteiger partial charge is 0.257 e. The monoisotopic (exact) mass is 307 g/mol. The summed E-state index contributed by atoms with van der Waals surface area (Å²) in [5.41, 5.74) is 1.46. The van der Waals surface area contributed by atoms with Crippen LogP contribution in [0.15, 0.2) is 10.5 Å². The average Bonchev–Trinajstić information content (AvgIpc) is 3.01. The summed E-state index contributed by atoms with van der Waals surface area (Å²) >= 11 is 3.82. The van der Waals surface area contributed by atoms with Gasteiger partial charge in [0.25, 0.3) is 5.89 Å². The lowest BCUT2D eigenvalue weighted by Gasteiger charge is -2.08. The topological polar surface area (TPSA) is 51.0 Å². The molecule has 0 unspecified atom stereocenters. The Labute approximate surface area is 126 Å². The van der Waals surface area contributed by atoms with Crippen molar-refractivity contribution in [2.24, 2.45) is 0 Å². The van der Waals surface area contributed by atoms with Crippen LogP contribution >= 0.6 is 23.1 Å². The first-order valence-electron chi connectivity index (χ1n) is 7.14. The Balaban J connectivity index is 1.44. The fraction of sp³-hybridized carbons (Fsp3) is 0.571. The van der Waals surface area contributed by atoms with E-state index in [1.807, 2.05) is 23.1 Å². The lowest BCUT2D eigenvalue weighted by Crippen LogP contribution is -2.19. The van der Waals surface area contributed by atoms with Crippen molar-refractivity contribution < 1.29 is 4.42 Å². The number of fused-ring (bicyclic) bond motifs is 1. The molecular formula is C14H17N3OS2. The van der Waals surface area contributed by atoms with Crippen molar-refractivity contribution in [2.75, 3.05) is 12.3 Å². The molecule has 0 amide bonds. The van der Waals surface area contributed by atoms with Gasteiger partial charge in [0.1, 0.15) is 0 Å². The summed E-state index contributed by atoms with van der Waals surface area (Å²) in [7, 11) is 0. The van der Waals surface area contributed by atoms with Crippen molar-refractivity contribution >= 4 is 23.1 Å². The van der Waals surface area contributed by atoms with E-state index < -0.39 is 0 Å². The molecule has 2 aromatic rings. The third-order valence-electron chi connectivity index (χ3n) is 3.65. The number of hydrogen-bond donors (Lipinski definition) is 1. The molecule has 4 nitrogen and oxygen atoms in total. The molecule has 1 fully saturated rings. The van der Waals surface area contributed by atoms with Crippen LogP contribution in [-0.4, -0.2) is 28.5 Å². The molecule has 1 aliphatic heterocycles. The van der Waals surface area contributed by atoms with E-state index in [9.17, 15) is 0 Å². The normalized spacial score (nSPS) is 18.2. The minimum absolute atomic E-state index is 0.691. The van der Waals surface area contributed by atoms with E-state index in [2.05, 4.69) is 21.6 Å². The summed E-state index contributed by atoms with van der Waals surface area (Å²) in [4.78, 5) is 2.63. The van der Waals surface area contributed by atoms with E-state index in [0.717, 1.165) is 35.5 Å². The molecule has 6 heteroatoms. The molecule has 20 heavy (non-hydrogen) atoms. The molecule has 2 aliphatic rings. The van der Waals surface area contributed by atoms with Gasteiger partial charge in [-0.1, -0.05) is 0 Å². The zero-order chi connectivity index (χ0) is 13.4. The molecule has 0 atom stereocenters. The van der Waals surface area contributed by atoms with Gasteiger partial charge >= 0.3 is 0 Å². The standard InChI is InChI=1S/C14H17N3OS2/c1-2-10(1)15-5-3-13-16-17-14(18-13)12-7-9-8-19-6-4-11(9)20-12/h7,10,15H,1-6,8H2. The van der Waals surface area contributed by atoms with Gasteiger partial charge in [-0.3, -0.25) is 0 Å². The third kappa shape index (κ3) is 2.77. The van der Waals surface area contributed by atoms with Gasteiger partial charge in [-0.2, -0.15) is 11.8 Å².